The van der Waals surface area contributed by atoms with Crippen molar-refractivity contribution in [3.05, 3.63) is 58.7 Å². The third-order valence-corrected chi connectivity index (χ3v) is 5.52. The smallest absolute Gasteiger partial charge is 0.224 e. The molecule has 2 amide bonds. The van der Waals surface area contributed by atoms with Gasteiger partial charge < -0.3 is 20.8 Å². The number of aromatic hydroxyl groups is 2. The fourth-order valence-corrected chi connectivity index (χ4v) is 3.99. The summed E-state index contributed by atoms with van der Waals surface area (Å²) in [6.45, 7) is 9.95. The number of allylic oxidation sites excluding steroid dienone is 1. The van der Waals surface area contributed by atoms with Crippen molar-refractivity contribution in [3.63, 3.8) is 0 Å². The summed E-state index contributed by atoms with van der Waals surface area (Å²) in [7, 11) is 0. The predicted octanol–water partition coefficient (Wildman–Crippen LogP) is 4.87. The van der Waals surface area contributed by atoms with Crippen molar-refractivity contribution >= 4 is 23.2 Å². The van der Waals surface area contributed by atoms with E-state index in [1.165, 1.54) is 0 Å². The summed E-state index contributed by atoms with van der Waals surface area (Å²) in [5.41, 5.74) is 6.43. The van der Waals surface area contributed by atoms with E-state index in [-0.39, 0.29) is 17.6 Å². The summed E-state index contributed by atoms with van der Waals surface area (Å²) in [5, 5.41) is 25.4. The van der Waals surface area contributed by atoms with Crippen LogP contribution in [0.5, 0.6) is 11.5 Å². The maximum atomic E-state index is 11.3. The van der Waals surface area contributed by atoms with E-state index in [0.29, 0.717) is 37.4 Å². The molecule has 0 bridgehead atoms. The Morgan fingerprint density at radius 2 is 1.34 bits per heavy atom. The topological polar surface area (TPSA) is 98.7 Å². The molecule has 4 rings (SSSR count). The Labute approximate surface area is 189 Å². The second kappa shape index (κ2) is 9.90. The molecule has 6 heteroatoms. The molecular weight excluding hydrogens is 404 g/mol. The van der Waals surface area contributed by atoms with Crippen molar-refractivity contribution in [2.75, 3.05) is 10.6 Å². The first-order valence-corrected chi connectivity index (χ1v) is 11.1. The van der Waals surface area contributed by atoms with Gasteiger partial charge in [-0.1, -0.05) is 26.0 Å². The van der Waals surface area contributed by atoms with Crippen LogP contribution in [0.15, 0.2) is 36.4 Å². The van der Waals surface area contributed by atoms with Gasteiger partial charge in [-0.3, -0.25) is 9.59 Å². The van der Waals surface area contributed by atoms with Gasteiger partial charge in [0.1, 0.15) is 11.5 Å². The normalized spacial score (nSPS) is 14.5. The Morgan fingerprint density at radius 3 is 1.81 bits per heavy atom. The lowest BCUT2D eigenvalue weighted by atomic mass is 9.96. The summed E-state index contributed by atoms with van der Waals surface area (Å²) < 4.78 is 0. The number of fused-ring (bicyclic) bond motifs is 2. The Balaban J connectivity index is 0.000000181. The Bertz CT molecular complexity index is 1060. The summed E-state index contributed by atoms with van der Waals surface area (Å²) >= 11 is 0. The van der Waals surface area contributed by atoms with Crippen LogP contribution in [0.1, 0.15) is 55.9 Å². The van der Waals surface area contributed by atoms with Gasteiger partial charge in [-0.05, 0) is 85.0 Å². The summed E-state index contributed by atoms with van der Waals surface area (Å²) in [6, 6.07) is 7.28. The Hall–Kier alpha value is -3.28. The van der Waals surface area contributed by atoms with Crippen LogP contribution < -0.4 is 10.6 Å². The predicted molar refractivity (Wildman–Crippen MR) is 127 cm³/mol. The van der Waals surface area contributed by atoms with Gasteiger partial charge in [0.15, 0.2) is 0 Å². The number of benzene rings is 2. The largest absolute Gasteiger partial charge is 0.508 e. The average molecular weight is 437 g/mol. The van der Waals surface area contributed by atoms with E-state index in [4.69, 9.17) is 0 Å². The van der Waals surface area contributed by atoms with E-state index in [1.54, 1.807) is 12.1 Å². The van der Waals surface area contributed by atoms with E-state index in [1.807, 2.05) is 19.1 Å². The molecule has 0 aliphatic carbocycles. The molecule has 4 N–H and O–H groups in total. The molecule has 0 aromatic heterocycles. The van der Waals surface area contributed by atoms with Gasteiger partial charge in [0.2, 0.25) is 11.8 Å². The number of aryl methyl sites for hydroxylation is 2. The lowest BCUT2D eigenvalue weighted by Gasteiger charge is -2.19. The number of anilines is 2. The van der Waals surface area contributed by atoms with Crippen molar-refractivity contribution in [3.8, 4) is 11.5 Å². The van der Waals surface area contributed by atoms with Crippen LogP contribution in [-0.2, 0) is 35.3 Å². The Kier molecular flexibility index (Phi) is 7.23. The minimum atomic E-state index is 0.0412. The standard InChI is InChI=1S/C13H17NO2.C13H15NO2/c2*1-8(2)5-10-6-11-9(7-12(10)15)3-4-13(16)14-11/h6-8,15H,3-5H2,1-2H3,(H,14,16);6-7,15H,1,3-5H2,2H3,(H,14,16). The number of phenols is 2. The van der Waals surface area contributed by atoms with Gasteiger partial charge in [-0.15, -0.1) is 0 Å². The van der Waals surface area contributed by atoms with Crippen molar-refractivity contribution in [2.45, 2.75) is 59.3 Å². The highest BCUT2D eigenvalue weighted by Crippen LogP contribution is 2.32. The molecule has 0 atom stereocenters. The van der Waals surface area contributed by atoms with E-state index in [9.17, 15) is 19.8 Å². The van der Waals surface area contributed by atoms with Crippen LogP contribution in [-0.4, -0.2) is 22.0 Å². The molecule has 0 saturated carbocycles. The number of amides is 2. The van der Waals surface area contributed by atoms with Crippen molar-refractivity contribution in [2.24, 2.45) is 5.92 Å². The van der Waals surface area contributed by atoms with Crippen molar-refractivity contribution < 1.29 is 19.8 Å². The van der Waals surface area contributed by atoms with E-state index in [2.05, 4.69) is 31.1 Å². The van der Waals surface area contributed by atoms with Gasteiger partial charge in [0, 0.05) is 24.2 Å². The fraction of sp³-hybridized carbons (Fsp3) is 0.385. The van der Waals surface area contributed by atoms with Crippen LogP contribution in [0.4, 0.5) is 11.4 Å². The zero-order chi connectivity index (χ0) is 23.4. The number of hydrogen-bond acceptors (Lipinski definition) is 4. The number of hydrogen-bond donors (Lipinski definition) is 4. The van der Waals surface area contributed by atoms with Crippen LogP contribution >= 0.6 is 0 Å². The molecule has 0 spiro atoms. The second-order valence-corrected chi connectivity index (χ2v) is 9.10. The van der Waals surface area contributed by atoms with Gasteiger partial charge in [0.05, 0.1) is 0 Å². The van der Waals surface area contributed by atoms with Gasteiger partial charge in [0.25, 0.3) is 0 Å². The summed E-state index contributed by atoms with van der Waals surface area (Å²) in [6.07, 6.45) is 3.88. The number of rotatable bonds is 4. The second-order valence-electron chi connectivity index (χ2n) is 9.10. The monoisotopic (exact) mass is 436 g/mol. The maximum absolute atomic E-state index is 11.3. The minimum Gasteiger partial charge on any atom is -0.508 e. The van der Waals surface area contributed by atoms with Crippen molar-refractivity contribution in [1.82, 2.24) is 0 Å². The summed E-state index contributed by atoms with van der Waals surface area (Å²) in [4.78, 5) is 22.5. The average Bonchev–Trinajstić information content (AvgIpc) is 2.69. The van der Waals surface area contributed by atoms with Crippen LogP contribution in [0.2, 0.25) is 0 Å². The zero-order valence-electron chi connectivity index (χ0n) is 19.0. The first kappa shape index (κ1) is 23.4. The first-order chi connectivity index (χ1) is 15.1. The Morgan fingerprint density at radius 1 is 0.875 bits per heavy atom. The fourth-order valence-electron chi connectivity index (χ4n) is 3.99. The molecule has 6 nitrogen and oxygen atoms in total. The maximum Gasteiger partial charge on any atom is 0.224 e. The van der Waals surface area contributed by atoms with Gasteiger partial charge in [-0.25, -0.2) is 0 Å². The molecular formula is C26H32N2O4. The highest BCUT2D eigenvalue weighted by molar-refractivity contribution is 5.94. The molecule has 32 heavy (non-hydrogen) atoms. The third-order valence-electron chi connectivity index (χ3n) is 5.52. The third kappa shape index (κ3) is 5.90. The van der Waals surface area contributed by atoms with Gasteiger partial charge >= 0.3 is 0 Å². The molecule has 0 fully saturated rings. The molecule has 0 unspecified atom stereocenters. The highest BCUT2D eigenvalue weighted by Gasteiger charge is 2.18. The molecule has 2 aromatic carbocycles. The quantitative estimate of drug-likeness (QED) is 0.406. The van der Waals surface area contributed by atoms with Crippen LogP contribution in [0, 0.1) is 5.92 Å². The van der Waals surface area contributed by atoms with Crippen LogP contribution in [0.3, 0.4) is 0 Å². The lowest BCUT2D eigenvalue weighted by molar-refractivity contribution is -0.117. The molecule has 0 radical (unpaired) electrons. The van der Waals surface area contributed by atoms with E-state index < -0.39 is 0 Å². The number of nitrogens with one attached hydrogen (secondary N) is 2. The van der Waals surface area contributed by atoms with Crippen molar-refractivity contribution in [1.29, 1.82) is 0 Å². The molecule has 2 aliphatic rings. The van der Waals surface area contributed by atoms with E-state index >= 15 is 0 Å². The molecule has 2 aliphatic heterocycles. The molecule has 170 valence electrons. The minimum absolute atomic E-state index is 0.0412. The van der Waals surface area contributed by atoms with E-state index in [0.717, 1.165) is 52.0 Å². The molecule has 0 saturated heterocycles. The number of phenolic OH excluding ortho intramolecular Hbond substituents is 2. The first-order valence-electron chi connectivity index (χ1n) is 11.1. The number of carbonyl (C=O) groups is 2. The van der Waals surface area contributed by atoms with Crippen LogP contribution in [0.25, 0.3) is 0 Å². The molecule has 2 heterocycles. The lowest BCUT2D eigenvalue weighted by Crippen LogP contribution is -2.19. The number of carbonyl (C=O) groups excluding carboxylic acids is 2. The van der Waals surface area contributed by atoms with Gasteiger partial charge in [-0.2, -0.15) is 0 Å². The highest BCUT2D eigenvalue weighted by atomic mass is 16.3. The SMILES string of the molecule is C=C(C)Cc1cc2c(cc1O)CCC(=O)N2.CC(C)Cc1cc2c(cc1O)CCC(=O)N2. The zero-order valence-corrected chi connectivity index (χ0v) is 19.0. The summed E-state index contributed by atoms with van der Waals surface area (Å²) in [5.74, 6) is 1.23. The molecule has 2 aromatic rings.